The first-order valence-electron chi connectivity index (χ1n) is 36.6. The molecule has 6 atom stereocenters. The summed E-state index contributed by atoms with van der Waals surface area (Å²) in [7, 11) is 0. The summed E-state index contributed by atoms with van der Waals surface area (Å²) >= 11 is 0. The van der Waals surface area contributed by atoms with E-state index in [0.717, 1.165) is 0 Å². The number of anilines is 6. The largest absolute Gasteiger partial charge is 0.334 e. The number of para-hydroxylation sites is 3. The molecule has 0 spiro atoms. The van der Waals surface area contributed by atoms with Crippen molar-refractivity contribution in [1.82, 2.24) is 0 Å². The van der Waals surface area contributed by atoms with Crippen LogP contribution >= 0.6 is 0 Å². The molecule has 3 saturated carbocycles. The molecule has 3 heterocycles. The summed E-state index contributed by atoms with van der Waals surface area (Å²) < 4.78 is 0. The van der Waals surface area contributed by atoms with Gasteiger partial charge < -0.3 is 14.7 Å². The average molecular weight is 1240 g/mol. The summed E-state index contributed by atoms with van der Waals surface area (Å²) in [6.07, 6.45) is 22.3. The molecule has 3 nitrogen and oxygen atoms in total. The third-order valence-electron chi connectivity index (χ3n) is 26.8. The summed E-state index contributed by atoms with van der Waals surface area (Å²) in [5.74, 6) is 0. The van der Waals surface area contributed by atoms with Gasteiger partial charge in [0.1, 0.15) is 0 Å². The molecule has 3 fully saturated rings. The van der Waals surface area contributed by atoms with E-state index in [4.69, 9.17) is 0 Å². The fourth-order valence-corrected chi connectivity index (χ4v) is 21.1. The molecule has 3 aliphatic heterocycles. The highest BCUT2D eigenvalue weighted by molar-refractivity contribution is 6.32. The van der Waals surface area contributed by atoms with Crippen molar-refractivity contribution in [1.29, 1.82) is 0 Å². The summed E-state index contributed by atoms with van der Waals surface area (Å²) in [4.78, 5) is 8.30. The van der Waals surface area contributed by atoms with E-state index in [-0.39, 0.29) is 32.9 Å². The maximum Gasteiger partial charge on any atom is 0.0517 e. The normalized spacial score (nSPS) is 25.9. The first-order valence-corrected chi connectivity index (χ1v) is 36.6. The molecule has 474 valence electrons. The molecule has 3 heteroatoms. The van der Waals surface area contributed by atoms with Crippen molar-refractivity contribution >= 4 is 77.2 Å². The summed E-state index contributed by atoms with van der Waals surface area (Å²) in [6.45, 7) is 15.7. The predicted molar refractivity (Wildman–Crippen MR) is 406 cm³/mol. The molecular weight excluding hydrogens is 1150 g/mol. The highest BCUT2D eigenvalue weighted by Crippen LogP contribution is 2.65. The molecule has 95 heavy (non-hydrogen) atoms. The van der Waals surface area contributed by atoms with Gasteiger partial charge in [0.15, 0.2) is 0 Å². The van der Waals surface area contributed by atoms with Crippen LogP contribution in [0.2, 0.25) is 0 Å². The van der Waals surface area contributed by atoms with E-state index in [2.05, 4.69) is 281 Å². The van der Waals surface area contributed by atoms with Crippen molar-refractivity contribution in [2.45, 2.75) is 190 Å². The topological polar surface area (TPSA) is 9.72 Å². The maximum absolute atomic E-state index is 2.77. The van der Waals surface area contributed by atoms with Gasteiger partial charge in [-0.2, -0.15) is 0 Å². The Morgan fingerprint density at radius 3 is 0.937 bits per heavy atom. The molecule has 0 amide bonds. The first-order chi connectivity index (χ1) is 46.4. The zero-order valence-corrected chi connectivity index (χ0v) is 56.9. The third kappa shape index (κ3) is 8.42. The van der Waals surface area contributed by atoms with E-state index in [1.165, 1.54) is 254 Å². The van der Waals surface area contributed by atoms with Gasteiger partial charge in [0.2, 0.25) is 0 Å². The SMILES string of the molecule is CC12CCCCCCC1(C)N(c1ccccc1)c1ccc(-c3cc(-c4ccc5c(c4)C4(C)CCCCCCC4(C)N5c4ccccc4)c4ccc5c(-c6cccc7ccccc67)cc(-c6ccc7c(c6)C6(C)CCCCCCC6(C)N7c6ccccc6)c6ccc3c4c65)cc12. The van der Waals surface area contributed by atoms with E-state index < -0.39 is 0 Å². The summed E-state index contributed by atoms with van der Waals surface area (Å²) in [5, 5.41) is 10.6. The Bertz CT molecular complexity index is 4830. The van der Waals surface area contributed by atoms with Crippen LogP contribution in [0, 0.1) is 0 Å². The van der Waals surface area contributed by atoms with Crippen LogP contribution in [-0.2, 0) is 16.2 Å². The van der Waals surface area contributed by atoms with Gasteiger partial charge in [-0.05, 0) is 249 Å². The lowest BCUT2D eigenvalue weighted by atomic mass is 9.63. The van der Waals surface area contributed by atoms with Crippen LogP contribution in [0.3, 0.4) is 0 Å². The van der Waals surface area contributed by atoms with Gasteiger partial charge in [-0.25, -0.2) is 0 Å². The fourth-order valence-electron chi connectivity index (χ4n) is 21.1. The maximum atomic E-state index is 2.77. The summed E-state index contributed by atoms with van der Waals surface area (Å²) in [6, 6.07) is 88.7. The number of hydrogen-bond acceptors (Lipinski definition) is 3. The minimum atomic E-state index is -0.0828. The second kappa shape index (κ2) is 21.9. The molecule has 0 N–H and O–H groups in total. The Morgan fingerprint density at radius 2 is 0.558 bits per heavy atom. The van der Waals surface area contributed by atoms with Gasteiger partial charge in [-0.1, -0.05) is 237 Å². The Labute approximate surface area is 564 Å². The van der Waals surface area contributed by atoms with Gasteiger partial charge >= 0.3 is 0 Å². The quantitative estimate of drug-likeness (QED) is 0.147. The Hall–Kier alpha value is -8.66. The minimum Gasteiger partial charge on any atom is -0.334 e. The molecule has 0 bridgehead atoms. The molecule has 12 aromatic carbocycles. The van der Waals surface area contributed by atoms with Crippen molar-refractivity contribution in [2.75, 3.05) is 14.7 Å². The lowest BCUT2D eigenvalue weighted by molar-refractivity contribution is 0.218. The first kappa shape index (κ1) is 58.9. The molecule has 0 saturated heterocycles. The van der Waals surface area contributed by atoms with Crippen molar-refractivity contribution in [3.8, 4) is 44.5 Å². The van der Waals surface area contributed by atoms with Crippen LogP contribution < -0.4 is 14.7 Å². The minimum absolute atomic E-state index is 0.0579. The Balaban J connectivity index is 0.930. The lowest BCUT2D eigenvalue weighted by Crippen LogP contribution is -2.53. The van der Waals surface area contributed by atoms with Gasteiger partial charge in [0.05, 0.1) is 16.6 Å². The van der Waals surface area contributed by atoms with Crippen molar-refractivity contribution in [3.05, 3.63) is 241 Å². The molecule has 6 aliphatic rings. The number of fused-ring (bicyclic) bond motifs is 10. The number of rotatable bonds is 7. The Kier molecular flexibility index (Phi) is 13.6. The highest BCUT2D eigenvalue weighted by atomic mass is 15.3. The van der Waals surface area contributed by atoms with Gasteiger partial charge in [-0.3, -0.25) is 0 Å². The van der Waals surface area contributed by atoms with Gasteiger partial charge in [0, 0.05) is 50.4 Å². The van der Waals surface area contributed by atoms with Crippen LogP contribution in [-0.4, -0.2) is 16.6 Å². The molecule has 18 rings (SSSR count). The number of hydrogen-bond donors (Lipinski definition) is 0. The Morgan fingerprint density at radius 1 is 0.242 bits per heavy atom. The van der Waals surface area contributed by atoms with Crippen LogP contribution in [0.25, 0.3) is 87.6 Å². The van der Waals surface area contributed by atoms with E-state index in [1.807, 2.05) is 0 Å². The van der Waals surface area contributed by atoms with E-state index in [1.54, 1.807) is 0 Å². The molecule has 12 aromatic rings. The summed E-state index contributed by atoms with van der Waals surface area (Å²) in [5.41, 5.74) is 22.6. The third-order valence-corrected chi connectivity index (χ3v) is 26.8. The average Bonchev–Trinajstić information content (AvgIpc) is 1.67. The second-order valence-corrected chi connectivity index (χ2v) is 31.3. The van der Waals surface area contributed by atoms with Crippen LogP contribution in [0.5, 0.6) is 0 Å². The van der Waals surface area contributed by atoms with Gasteiger partial charge in [-0.15, -0.1) is 0 Å². The second-order valence-electron chi connectivity index (χ2n) is 31.3. The number of nitrogens with zero attached hydrogens (tertiary/aromatic N) is 3. The van der Waals surface area contributed by atoms with Crippen molar-refractivity contribution < 1.29 is 0 Å². The monoisotopic (exact) mass is 1240 g/mol. The van der Waals surface area contributed by atoms with E-state index >= 15 is 0 Å². The fraction of sp³-hybridized carbons (Fsp3) is 0.326. The lowest BCUT2D eigenvalue weighted by Gasteiger charge is -2.48. The van der Waals surface area contributed by atoms with Crippen LogP contribution in [0.1, 0.15) is 174 Å². The standard InChI is InChI=1S/C92H91N3/c1-87-51-24-7-10-27-54-90(87,4)93(66-33-16-13-17-34-66)82-48-41-63(57-79(82)87)75-60-76(64-42-49-83-80(58-64)88(2)52-25-8-11-28-55-91(88,5)94(83)67-35-18-14-19-36-67)72-46-47-74-78(70-40-30-32-62-31-22-23-39-69(62)70)61-77(73-45-44-71(75)85(72)86(73)74)65-43-50-84-81(59-65)89(3)53-26-9-12-29-56-92(89,6)95(84)68-37-20-15-21-38-68/h13-23,30-50,57-61H,7-12,24-29,51-56H2,1-6H3. The van der Waals surface area contributed by atoms with Crippen LogP contribution in [0.15, 0.2) is 224 Å². The molecule has 3 aliphatic carbocycles. The molecule has 0 aromatic heterocycles. The van der Waals surface area contributed by atoms with Crippen molar-refractivity contribution in [3.63, 3.8) is 0 Å². The number of benzene rings is 12. The van der Waals surface area contributed by atoms with E-state index in [0.29, 0.717) is 0 Å². The zero-order chi connectivity index (χ0) is 64.1. The molecular formula is C92H91N3. The van der Waals surface area contributed by atoms with Gasteiger partial charge in [0.25, 0.3) is 0 Å². The predicted octanol–water partition coefficient (Wildman–Crippen LogP) is 26.0. The van der Waals surface area contributed by atoms with Crippen LogP contribution in [0.4, 0.5) is 34.1 Å². The molecule has 6 unspecified atom stereocenters. The highest BCUT2D eigenvalue weighted by Gasteiger charge is 2.59. The zero-order valence-electron chi connectivity index (χ0n) is 56.9. The van der Waals surface area contributed by atoms with E-state index in [9.17, 15) is 0 Å². The smallest absolute Gasteiger partial charge is 0.0517 e. The molecule has 0 radical (unpaired) electrons. The van der Waals surface area contributed by atoms with Crippen molar-refractivity contribution in [2.24, 2.45) is 0 Å².